The third-order valence-corrected chi connectivity index (χ3v) is 3.56. The van der Waals surface area contributed by atoms with Gasteiger partial charge in [0.05, 0.1) is 0 Å². The van der Waals surface area contributed by atoms with Crippen LogP contribution in [0.2, 0.25) is 0 Å². The molecule has 2 aromatic rings. The predicted molar refractivity (Wildman–Crippen MR) is 74.9 cm³/mol. The van der Waals surface area contributed by atoms with Crippen LogP contribution in [-0.4, -0.2) is 11.9 Å². The second-order valence-electron chi connectivity index (χ2n) is 5.57. The molecule has 0 spiro atoms. The zero-order valence-electron chi connectivity index (χ0n) is 11.2. The molecular formula is C16H19NO2. The van der Waals surface area contributed by atoms with Gasteiger partial charge in [-0.3, -0.25) is 4.79 Å². The number of nitrogens with one attached hydrogen (secondary N) is 1. The van der Waals surface area contributed by atoms with Crippen molar-refractivity contribution in [1.82, 2.24) is 5.32 Å². The highest BCUT2D eigenvalue weighted by atomic mass is 16.3. The zero-order chi connectivity index (χ0) is 13.2. The van der Waals surface area contributed by atoms with Crippen LogP contribution >= 0.6 is 0 Å². The fourth-order valence-electron chi connectivity index (χ4n) is 2.41. The number of hydrogen-bond acceptors (Lipinski definition) is 2. The topological polar surface area (TPSA) is 42.2 Å². The summed E-state index contributed by atoms with van der Waals surface area (Å²) in [4.78, 5) is 11.7. The van der Waals surface area contributed by atoms with E-state index in [4.69, 9.17) is 4.42 Å². The van der Waals surface area contributed by atoms with E-state index in [2.05, 4.69) is 11.4 Å². The molecule has 3 nitrogen and oxygen atoms in total. The largest absolute Gasteiger partial charge is 0.461 e. The van der Waals surface area contributed by atoms with E-state index < -0.39 is 0 Å². The lowest BCUT2D eigenvalue weighted by molar-refractivity contribution is -0.122. The number of benzene rings is 1. The van der Waals surface area contributed by atoms with Crippen molar-refractivity contribution >= 4 is 16.9 Å². The van der Waals surface area contributed by atoms with Gasteiger partial charge in [0.25, 0.3) is 0 Å². The van der Waals surface area contributed by atoms with E-state index in [0.717, 1.165) is 23.2 Å². The highest BCUT2D eigenvalue weighted by Gasteiger charge is 2.24. The Kier molecular flexibility index (Phi) is 3.28. The molecule has 1 saturated carbocycles. The van der Waals surface area contributed by atoms with Crippen LogP contribution in [0.3, 0.4) is 0 Å². The summed E-state index contributed by atoms with van der Waals surface area (Å²) in [5.41, 5.74) is 0.911. The van der Waals surface area contributed by atoms with E-state index in [1.165, 1.54) is 12.8 Å². The van der Waals surface area contributed by atoms with Crippen molar-refractivity contribution in [2.75, 3.05) is 0 Å². The first-order chi connectivity index (χ1) is 9.20. The van der Waals surface area contributed by atoms with Crippen molar-refractivity contribution in [3.63, 3.8) is 0 Å². The van der Waals surface area contributed by atoms with Gasteiger partial charge in [-0.1, -0.05) is 18.2 Å². The normalized spacial score (nSPS) is 16.5. The Bertz CT molecular complexity index is 550. The summed E-state index contributed by atoms with van der Waals surface area (Å²) in [5.74, 6) is 1.74. The molecule has 0 unspecified atom stereocenters. The maximum atomic E-state index is 11.7. The van der Waals surface area contributed by atoms with Gasteiger partial charge in [0, 0.05) is 24.3 Å². The second-order valence-corrected chi connectivity index (χ2v) is 5.57. The molecular weight excluding hydrogens is 238 g/mol. The van der Waals surface area contributed by atoms with Crippen LogP contribution in [0.25, 0.3) is 11.0 Å². The first kappa shape index (κ1) is 12.3. The summed E-state index contributed by atoms with van der Waals surface area (Å²) < 4.78 is 5.76. The zero-order valence-corrected chi connectivity index (χ0v) is 11.2. The number of hydrogen-bond donors (Lipinski definition) is 1. The Labute approximate surface area is 113 Å². The Hall–Kier alpha value is -1.77. The van der Waals surface area contributed by atoms with E-state index in [1.807, 2.05) is 31.2 Å². The van der Waals surface area contributed by atoms with Crippen molar-refractivity contribution in [2.45, 2.75) is 38.6 Å². The number of carbonyl (C=O) groups excluding carboxylic acids is 1. The number of fused-ring (bicyclic) bond motifs is 1. The predicted octanol–water partition coefficient (Wildman–Crippen LogP) is 3.28. The van der Waals surface area contributed by atoms with E-state index in [0.29, 0.717) is 12.3 Å². The molecule has 1 amide bonds. The van der Waals surface area contributed by atoms with Gasteiger partial charge in [0.2, 0.25) is 5.91 Å². The molecule has 100 valence electrons. The number of furan rings is 1. The second kappa shape index (κ2) is 5.08. The van der Waals surface area contributed by atoms with Crippen molar-refractivity contribution < 1.29 is 9.21 Å². The Balaban J connectivity index is 1.58. The minimum atomic E-state index is 0.117. The minimum Gasteiger partial charge on any atom is -0.461 e. The first-order valence-electron chi connectivity index (χ1n) is 6.97. The van der Waals surface area contributed by atoms with Crippen molar-refractivity contribution in [3.05, 3.63) is 36.1 Å². The lowest BCUT2D eigenvalue weighted by atomic mass is 10.1. The molecule has 3 rings (SSSR count). The number of para-hydroxylation sites is 1. The average molecular weight is 257 g/mol. The van der Waals surface area contributed by atoms with Gasteiger partial charge in [-0.25, -0.2) is 0 Å². The molecule has 0 bridgehead atoms. The smallest absolute Gasteiger partial charge is 0.220 e. The monoisotopic (exact) mass is 257 g/mol. The van der Waals surface area contributed by atoms with Gasteiger partial charge in [-0.05, 0) is 37.8 Å². The molecule has 1 aliphatic carbocycles. The van der Waals surface area contributed by atoms with Gasteiger partial charge in [-0.2, -0.15) is 0 Å². The fourth-order valence-corrected chi connectivity index (χ4v) is 2.41. The molecule has 19 heavy (non-hydrogen) atoms. The third kappa shape index (κ3) is 3.16. The van der Waals surface area contributed by atoms with Crippen LogP contribution in [0.1, 0.15) is 31.9 Å². The first-order valence-corrected chi connectivity index (χ1v) is 6.97. The minimum absolute atomic E-state index is 0.117. The lowest BCUT2D eigenvalue weighted by Gasteiger charge is -2.12. The van der Waals surface area contributed by atoms with Crippen molar-refractivity contribution in [2.24, 2.45) is 5.92 Å². The summed E-state index contributed by atoms with van der Waals surface area (Å²) >= 11 is 0. The van der Waals surface area contributed by atoms with E-state index >= 15 is 0 Å². The summed E-state index contributed by atoms with van der Waals surface area (Å²) in [7, 11) is 0. The summed E-state index contributed by atoms with van der Waals surface area (Å²) in [6, 6.07) is 10.2. The summed E-state index contributed by atoms with van der Waals surface area (Å²) in [5, 5.41) is 4.16. The quantitative estimate of drug-likeness (QED) is 0.893. The summed E-state index contributed by atoms with van der Waals surface area (Å²) in [6.07, 6.45) is 3.85. The van der Waals surface area contributed by atoms with E-state index in [9.17, 15) is 4.79 Å². The highest BCUT2D eigenvalue weighted by Crippen LogP contribution is 2.32. The number of amides is 1. The van der Waals surface area contributed by atoms with E-state index in [1.54, 1.807) is 0 Å². The average Bonchev–Trinajstić information content (AvgIpc) is 3.06. The highest BCUT2D eigenvalue weighted by molar-refractivity contribution is 5.78. The molecule has 1 aromatic carbocycles. The van der Waals surface area contributed by atoms with Gasteiger partial charge in [-0.15, -0.1) is 0 Å². The molecule has 0 aliphatic heterocycles. The van der Waals surface area contributed by atoms with Crippen molar-refractivity contribution in [3.8, 4) is 0 Å². The Morgan fingerprint density at radius 1 is 1.42 bits per heavy atom. The van der Waals surface area contributed by atoms with Crippen LogP contribution in [-0.2, 0) is 11.2 Å². The SMILES string of the molecule is C[C@H](Cc1cc2ccccc2o1)NC(=O)CC1CC1. The maximum Gasteiger partial charge on any atom is 0.220 e. The molecule has 1 fully saturated rings. The van der Waals surface area contributed by atoms with Crippen molar-refractivity contribution in [1.29, 1.82) is 0 Å². The Morgan fingerprint density at radius 3 is 2.95 bits per heavy atom. The van der Waals surface area contributed by atoms with Crippen LogP contribution < -0.4 is 5.32 Å². The number of carbonyl (C=O) groups is 1. The maximum absolute atomic E-state index is 11.7. The summed E-state index contributed by atoms with van der Waals surface area (Å²) in [6.45, 7) is 2.03. The fraction of sp³-hybridized carbons (Fsp3) is 0.438. The van der Waals surface area contributed by atoms with E-state index in [-0.39, 0.29) is 11.9 Å². The molecule has 1 atom stereocenters. The van der Waals surface area contributed by atoms with Gasteiger partial charge >= 0.3 is 0 Å². The van der Waals surface area contributed by atoms with Gasteiger partial charge < -0.3 is 9.73 Å². The van der Waals surface area contributed by atoms with Crippen LogP contribution in [0.15, 0.2) is 34.7 Å². The third-order valence-electron chi connectivity index (χ3n) is 3.56. The molecule has 1 heterocycles. The molecule has 1 aromatic heterocycles. The van der Waals surface area contributed by atoms with Gasteiger partial charge in [0.1, 0.15) is 11.3 Å². The molecule has 0 saturated heterocycles. The molecule has 1 aliphatic rings. The molecule has 1 N–H and O–H groups in total. The van der Waals surface area contributed by atoms with Crippen LogP contribution in [0, 0.1) is 5.92 Å². The molecule has 0 radical (unpaired) electrons. The Morgan fingerprint density at radius 2 is 2.21 bits per heavy atom. The van der Waals surface area contributed by atoms with Crippen LogP contribution in [0.4, 0.5) is 0 Å². The molecule has 3 heteroatoms. The van der Waals surface area contributed by atoms with Crippen LogP contribution in [0.5, 0.6) is 0 Å². The lowest BCUT2D eigenvalue weighted by Crippen LogP contribution is -2.34. The number of rotatable bonds is 5. The van der Waals surface area contributed by atoms with Gasteiger partial charge in [0.15, 0.2) is 0 Å². The standard InChI is InChI=1S/C16H19NO2/c1-11(17-16(18)9-12-6-7-12)8-14-10-13-4-2-3-5-15(13)19-14/h2-5,10-12H,6-9H2,1H3,(H,17,18)/t11-/m1/s1.